The molecule has 0 fully saturated rings. The normalized spacial score (nSPS) is 9.50. The molecule has 0 rings (SSSR count). The van der Waals surface area contributed by atoms with Gasteiger partial charge in [0.2, 0.25) is 0 Å². The Kier molecular flexibility index (Phi) is 3.14. The molecular weight excluding hydrogens is 112 g/mol. The van der Waals surface area contributed by atoms with Crippen LogP contribution in [0.1, 0.15) is 13.8 Å². The minimum Gasteiger partial charge on any atom is -0.269 e. The summed E-state index contributed by atoms with van der Waals surface area (Å²) in [5, 5.41) is 10.7. The molecule has 8 heavy (non-hydrogen) atoms. The predicted molar refractivity (Wildman–Crippen MR) is 24.6 cm³/mol. The Morgan fingerprint density at radius 3 is 2.25 bits per heavy atom. The lowest BCUT2D eigenvalue weighted by atomic mass is 10.2. The van der Waals surface area contributed by atoms with Gasteiger partial charge in [0.1, 0.15) is 0 Å². The Balaban J connectivity index is 3.33. The van der Waals surface area contributed by atoms with Crippen LogP contribution in [0.25, 0.3) is 0 Å². The van der Waals surface area contributed by atoms with Gasteiger partial charge in [-0.1, -0.05) is 13.8 Å². The SMILES string of the molecule is CC(C)C(=O)OOO. The molecule has 0 aromatic heterocycles. The van der Waals surface area contributed by atoms with Crippen LogP contribution in [0.5, 0.6) is 0 Å². The van der Waals surface area contributed by atoms with Crippen LogP contribution in [0.4, 0.5) is 0 Å². The molecule has 0 unspecified atom stereocenters. The van der Waals surface area contributed by atoms with E-state index in [0.717, 1.165) is 0 Å². The zero-order valence-corrected chi connectivity index (χ0v) is 4.75. The Morgan fingerprint density at radius 2 is 2.12 bits per heavy atom. The van der Waals surface area contributed by atoms with Crippen LogP contribution >= 0.6 is 0 Å². The fourth-order valence-corrected chi connectivity index (χ4v) is 0.133. The van der Waals surface area contributed by atoms with E-state index in [0.29, 0.717) is 0 Å². The van der Waals surface area contributed by atoms with E-state index in [4.69, 9.17) is 5.26 Å². The Labute approximate surface area is 46.9 Å². The molecule has 0 spiro atoms. The van der Waals surface area contributed by atoms with Crippen LogP contribution in [0.2, 0.25) is 0 Å². The van der Waals surface area contributed by atoms with E-state index in [-0.39, 0.29) is 5.92 Å². The largest absolute Gasteiger partial charge is 0.348 e. The first-order valence-electron chi connectivity index (χ1n) is 2.20. The predicted octanol–water partition coefficient (Wildman–Crippen LogP) is 0.590. The first kappa shape index (κ1) is 7.39. The molecule has 0 aromatic carbocycles. The summed E-state index contributed by atoms with van der Waals surface area (Å²) >= 11 is 0. The lowest BCUT2D eigenvalue weighted by Crippen LogP contribution is -2.10. The summed E-state index contributed by atoms with van der Waals surface area (Å²) < 4.78 is 0. The second-order valence-electron chi connectivity index (χ2n) is 1.63. The van der Waals surface area contributed by atoms with Gasteiger partial charge in [-0.3, -0.25) is 4.89 Å². The van der Waals surface area contributed by atoms with E-state index < -0.39 is 5.97 Å². The van der Waals surface area contributed by atoms with Gasteiger partial charge in [-0.2, -0.15) is 0 Å². The molecule has 0 radical (unpaired) electrons. The molecule has 0 amide bonds. The van der Waals surface area contributed by atoms with Gasteiger partial charge in [0.25, 0.3) is 0 Å². The molecule has 0 saturated carbocycles. The highest BCUT2D eigenvalue weighted by atomic mass is 17.5. The summed E-state index contributed by atoms with van der Waals surface area (Å²) in [5.74, 6) is -0.866. The minimum absolute atomic E-state index is 0.276. The van der Waals surface area contributed by atoms with Gasteiger partial charge in [0.15, 0.2) is 0 Å². The summed E-state index contributed by atoms with van der Waals surface area (Å²) in [6.07, 6.45) is 0. The van der Waals surface area contributed by atoms with E-state index in [9.17, 15) is 4.79 Å². The van der Waals surface area contributed by atoms with Gasteiger partial charge in [-0.05, 0) is 5.04 Å². The fourth-order valence-electron chi connectivity index (χ4n) is 0.133. The number of carbonyl (C=O) groups is 1. The smallest absolute Gasteiger partial charge is 0.269 e. The van der Waals surface area contributed by atoms with Crippen LogP contribution in [0.3, 0.4) is 0 Å². The van der Waals surface area contributed by atoms with Crippen molar-refractivity contribution in [2.24, 2.45) is 5.92 Å². The van der Waals surface area contributed by atoms with E-state index in [1.165, 1.54) is 0 Å². The summed E-state index contributed by atoms with van der Waals surface area (Å²) in [6.45, 7) is 3.25. The first-order valence-corrected chi connectivity index (χ1v) is 2.20. The fraction of sp³-hybridized carbons (Fsp3) is 0.750. The van der Waals surface area contributed by atoms with Crippen LogP contribution in [0.15, 0.2) is 0 Å². The second-order valence-corrected chi connectivity index (χ2v) is 1.63. The highest BCUT2D eigenvalue weighted by Crippen LogP contribution is 1.93. The highest BCUT2D eigenvalue weighted by Gasteiger charge is 2.07. The van der Waals surface area contributed by atoms with Gasteiger partial charge in [0.05, 0.1) is 5.92 Å². The summed E-state index contributed by atoms with van der Waals surface area (Å²) in [7, 11) is 0. The average molecular weight is 120 g/mol. The first-order chi connectivity index (χ1) is 3.68. The molecule has 0 aliphatic rings. The van der Waals surface area contributed by atoms with Crippen molar-refractivity contribution in [1.82, 2.24) is 0 Å². The van der Waals surface area contributed by atoms with Crippen LogP contribution < -0.4 is 0 Å². The average Bonchev–Trinajstić information content (AvgIpc) is 1.67. The summed E-state index contributed by atoms with van der Waals surface area (Å²) in [6, 6.07) is 0. The summed E-state index contributed by atoms with van der Waals surface area (Å²) in [4.78, 5) is 14.0. The molecule has 0 heterocycles. The van der Waals surface area contributed by atoms with Crippen LogP contribution in [-0.2, 0) is 14.7 Å². The van der Waals surface area contributed by atoms with E-state index >= 15 is 0 Å². The minimum atomic E-state index is -0.590. The van der Waals surface area contributed by atoms with Crippen molar-refractivity contribution < 1.29 is 20.0 Å². The van der Waals surface area contributed by atoms with Crippen LogP contribution in [0, 0.1) is 5.92 Å². The third kappa shape index (κ3) is 2.54. The highest BCUT2D eigenvalue weighted by molar-refractivity contribution is 5.70. The number of carbonyl (C=O) groups excluding carboxylic acids is 1. The van der Waals surface area contributed by atoms with Crippen molar-refractivity contribution in [3.05, 3.63) is 0 Å². The Bertz CT molecular complexity index is 78.1. The van der Waals surface area contributed by atoms with E-state index in [2.05, 4.69) is 9.93 Å². The lowest BCUT2D eigenvalue weighted by Gasteiger charge is -1.97. The summed E-state index contributed by atoms with van der Waals surface area (Å²) in [5.41, 5.74) is 0. The van der Waals surface area contributed by atoms with Crippen molar-refractivity contribution in [2.45, 2.75) is 13.8 Å². The molecule has 1 N–H and O–H groups in total. The molecule has 0 aliphatic heterocycles. The molecule has 0 atom stereocenters. The van der Waals surface area contributed by atoms with Crippen molar-refractivity contribution in [2.75, 3.05) is 0 Å². The molecule has 4 nitrogen and oxygen atoms in total. The monoisotopic (exact) mass is 120 g/mol. The van der Waals surface area contributed by atoms with Gasteiger partial charge >= 0.3 is 5.97 Å². The maximum Gasteiger partial charge on any atom is 0.348 e. The van der Waals surface area contributed by atoms with Gasteiger partial charge in [-0.15, -0.1) is 0 Å². The quantitative estimate of drug-likeness (QED) is 0.428. The zero-order valence-electron chi connectivity index (χ0n) is 4.75. The molecule has 0 aliphatic carbocycles. The van der Waals surface area contributed by atoms with Crippen molar-refractivity contribution in [3.8, 4) is 0 Å². The standard InChI is InChI=1S/C4H8O4/c1-3(2)4(5)7-8-6/h3,6H,1-2H3. The topological polar surface area (TPSA) is 55.8 Å². The van der Waals surface area contributed by atoms with E-state index in [1.54, 1.807) is 13.8 Å². The number of rotatable bonds is 2. The molecule has 0 saturated heterocycles. The molecule has 4 heteroatoms. The van der Waals surface area contributed by atoms with Crippen molar-refractivity contribution in [3.63, 3.8) is 0 Å². The van der Waals surface area contributed by atoms with E-state index in [1.807, 2.05) is 0 Å². The second kappa shape index (κ2) is 3.40. The molecular formula is C4H8O4. The molecule has 0 bridgehead atoms. The number of hydrogen-bond donors (Lipinski definition) is 1. The lowest BCUT2D eigenvalue weighted by molar-refractivity contribution is -0.463. The Hall–Kier alpha value is -0.610. The van der Waals surface area contributed by atoms with Gasteiger partial charge in [0, 0.05) is 0 Å². The third-order valence-electron chi connectivity index (χ3n) is 0.591. The molecule has 48 valence electrons. The van der Waals surface area contributed by atoms with Crippen molar-refractivity contribution >= 4 is 5.97 Å². The number of hydrogen-bond acceptors (Lipinski definition) is 4. The van der Waals surface area contributed by atoms with Gasteiger partial charge < -0.3 is 0 Å². The maximum atomic E-state index is 10.2. The van der Waals surface area contributed by atoms with Crippen LogP contribution in [-0.4, -0.2) is 11.2 Å². The van der Waals surface area contributed by atoms with Crippen molar-refractivity contribution in [1.29, 1.82) is 0 Å². The Morgan fingerprint density at radius 1 is 1.62 bits per heavy atom. The molecule has 0 aromatic rings. The zero-order chi connectivity index (χ0) is 6.57. The van der Waals surface area contributed by atoms with Gasteiger partial charge in [-0.25, -0.2) is 10.1 Å². The maximum absolute atomic E-state index is 10.2. The third-order valence-corrected chi connectivity index (χ3v) is 0.591.